The minimum Gasteiger partial charge on any atom is -0.444 e. The number of amides is 1. The van der Waals surface area contributed by atoms with Gasteiger partial charge in [-0.2, -0.15) is 0 Å². The summed E-state index contributed by atoms with van der Waals surface area (Å²) in [5.74, 6) is 0. The third kappa shape index (κ3) is 3.58. The van der Waals surface area contributed by atoms with Gasteiger partial charge in [0, 0.05) is 11.3 Å². The van der Waals surface area contributed by atoms with Crippen molar-refractivity contribution in [3.05, 3.63) is 28.8 Å². The molecule has 1 aromatic rings. The summed E-state index contributed by atoms with van der Waals surface area (Å²) >= 11 is 0. The number of rotatable bonds is 2. The number of aldehydes is 1. The molecule has 0 radical (unpaired) electrons. The third-order valence-electron chi connectivity index (χ3n) is 2.49. The Kier molecular flexibility index (Phi) is 4.11. The van der Waals surface area contributed by atoms with Crippen LogP contribution < -0.4 is 5.32 Å². The summed E-state index contributed by atoms with van der Waals surface area (Å²) in [5, 5.41) is 2.65. The van der Waals surface area contributed by atoms with Crippen LogP contribution in [0.4, 0.5) is 10.5 Å². The molecule has 0 atom stereocenters. The summed E-state index contributed by atoms with van der Waals surface area (Å²) in [6.07, 6.45) is 0.275. The van der Waals surface area contributed by atoms with Gasteiger partial charge >= 0.3 is 6.09 Å². The van der Waals surface area contributed by atoms with Crippen molar-refractivity contribution in [2.75, 3.05) is 5.32 Å². The average Bonchev–Trinajstić information content (AvgIpc) is 2.20. The van der Waals surface area contributed by atoms with E-state index in [1.807, 2.05) is 6.92 Å². The summed E-state index contributed by atoms with van der Waals surface area (Å²) < 4.78 is 5.16. The van der Waals surface area contributed by atoms with Crippen molar-refractivity contribution in [3.63, 3.8) is 0 Å². The molecule has 0 unspecified atom stereocenters. The zero-order valence-electron chi connectivity index (χ0n) is 11.5. The number of anilines is 1. The Morgan fingerprint density at radius 3 is 2.39 bits per heavy atom. The average molecular weight is 249 g/mol. The van der Waals surface area contributed by atoms with E-state index >= 15 is 0 Å². The molecule has 4 heteroatoms. The number of aryl methyl sites for hydroxylation is 1. The Labute approximate surface area is 107 Å². The van der Waals surface area contributed by atoms with Crippen LogP contribution in [0.5, 0.6) is 0 Å². The lowest BCUT2D eigenvalue weighted by Gasteiger charge is -2.20. The number of carbonyl (C=O) groups excluding carboxylic acids is 2. The first-order valence-corrected chi connectivity index (χ1v) is 5.80. The van der Waals surface area contributed by atoms with Crippen molar-refractivity contribution >= 4 is 18.1 Å². The Morgan fingerprint density at radius 2 is 1.89 bits per heavy atom. The molecule has 0 aliphatic carbocycles. The maximum atomic E-state index is 11.6. The lowest BCUT2D eigenvalue weighted by atomic mass is 10.0. The van der Waals surface area contributed by atoms with Crippen LogP contribution in [-0.4, -0.2) is 18.0 Å². The standard InChI is InChI=1S/C14H19NO3/c1-9-6-7-12(10(2)11(9)8-16)15-13(17)18-14(3,4)5/h6-8H,1-5H3,(H,15,17). The molecule has 98 valence electrons. The highest BCUT2D eigenvalue weighted by Crippen LogP contribution is 2.21. The number of ether oxygens (including phenoxy) is 1. The Morgan fingerprint density at radius 1 is 1.28 bits per heavy atom. The predicted molar refractivity (Wildman–Crippen MR) is 71.2 cm³/mol. The fourth-order valence-corrected chi connectivity index (χ4v) is 1.59. The Hall–Kier alpha value is -1.84. The van der Waals surface area contributed by atoms with E-state index in [2.05, 4.69) is 5.32 Å². The minimum absolute atomic E-state index is 0.522. The smallest absolute Gasteiger partial charge is 0.412 e. The summed E-state index contributed by atoms with van der Waals surface area (Å²) in [7, 11) is 0. The van der Waals surface area contributed by atoms with Crippen LogP contribution in [-0.2, 0) is 4.74 Å². The number of benzene rings is 1. The molecule has 1 amide bonds. The van der Waals surface area contributed by atoms with Crippen LogP contribution >= 0.6 is 0 Å². The second kappa shape index (κ2) is 5.21. The van der Waals surface area contributed by atoms with Crippen molar-refractivity contribution in [1.82, 2.24) is 0 Å². The van der Waals surface area contributed by atoms with Gasteiger partial charge in [-0.15, -0.1) is 0 Å². The van der Waals surface area contributed by atoms with E-state index in [9.17, 15) is 9.59 Å². The highest BCUT2D eigenvalue weighted by atomic mass is 16.6. The van der Waals surface area contributed by atoms with E-state index in [4.69, 9.17) is 4.74 Å². The molecule has 4 nitrogen and oxygen atoms in total. The van der Waals surface area contributed by atoms with Crippen molar-refractivity contribution in [2.45, 2.75) is 40.2 Å². The van der Waals surface area contributed by atoms with E-state index in [1.54, 1.807) is 39.8 Å². The largest absolute Gasteiger partial charge is 0.444 e. The highest BCUT2D eigenvalue weighted by Gasteiger charge is 2.17. The fraction of sp³-hybridized carbons (Fsp3) is 0.429. The van der Waals surface area contributed by atoms with Crippen molar-refractivity contribution in [2.24, 2.45) is 0 Å². The van der Waals surface area contributed by atoms with Gasteiger partial charge in [0.25, 0.3) is 0 Å². The number of nitrogens with one attached hydrogen (secondary N) is 1. The summed E-state index contributed by atoms with van der Waals surface area (Å²) in [6, 6.07) is 3.56. The lowest BCUT2D eigenvalue weighted by Crippen LogP contribution is -2.27. The van der Waals surface area contributed by atoms with Crippen molar-refractivity contribution in [3.8, 4) is 0 Å². The molecule has 0 saturated carbocycles. The molecule has 1 N–H and O–H groups in total. The Bertz CT molecular complexity index is 473. The predicted octanol–water partition coefficient (Wildman–Crippen LogP) is 3.46. The number of carbonyl (C=O) groups is 2. The number of hydrogen-bond acceptors (Lipinski definition) is 3. The molecule has 0 spiro atoms. The van der Waals surface area contributed by atoms with Gasteiger partial charge in [-0.05, 0) is 51.8 Å². The molecular formula is C14H19NO3. The first-order chi connectivity index (χ1) is 8.24. The fourth-order valence-electron chi connectivity index (χ4n) is 1.59. The molecule has 1 rings (SSSR count). The van der Waals surface area contributed by atoms with E-state index in [-0.39, 0.29) is 0 Å². The van der Waals surface area contributed by atoms with Gasteiger partial charge in [-0.25, -0.2) is 4.79 Å². The maximum absolute atomic E-state index is 11.6. The maximum Gasteiger partial charge on any atom is 0.412 e. The SMILES string of the molecule is Cc1ccc(NC(=O)OC(C)(C)C)c(C)c1C=O. The van der Waals surface area contributed by atoms with E-state index in [0.717, 1.165) is 17.4 Å². The van der Waals surface area contributed by atoms with Gasteiger partial charge in [0.05, 0.1) is 0 Å². The molecular weight excluding hydrogens is 230 g/mol. The van der Waals surface area contributed by atoms with Crippen LogP contribution in [0.25, 0.3) is 0 Å². The van der Waals surface area contributed by atoms with Crippen molar-refractivity contribution in [1.29, 1.82) is 0 Å². The van der Waals surface area contributed by atoms with Gasteiger partial charge < -0.3 is 4.74 Å². The summed E-state index contributed by atoms with van der Waals surface area (Å²) in [5.41, 5.74) is 2.28. The molecule has 0 heterocycles. The van der Waals surface area contributed by atoms with Crippen LogP contribution in [0.2, 0.25) is 0 Å². The topological polar surface area (TPSA) is 55.4 Å². The third-order valence-corrected chi connectivity index (χ3v) is 2.49. The van der Waals surface area contributed by atoms with Crippen molar-refractivity contribution < 1.29 is 14.3 Å². The molecule has 0 aliphatic heterocycles. The van der Waals surface area contributed by atoms with Gasteiger partial charge in [0.15, 0.2) is 6.29 Å². The quantitative estimate of drug-likeness (QED) is 0.816. The lowest BCUT2D eigenvalue weighted by molar-refractivity contribution is 0.0635. The second-order valence-corrected chi connectivity index (χ2v) is 5.21. The molecule has 0 aromatic heterocycles. The summed E-state index contributed by atoms with van der Waals surface area (Å²) in [6.45, 7) is 9.04. The van der Waals surface area contributed by atoms with Crippen LogP contribution in [0.3, 0.4) is 0 Å². The summed E-state index contributed by atoms with van der Waals surface area (Å²) in [4.78, 5) is 22.6. The van der Waals surface area contributed by atoms with Crippen LogP contribution in [0, 0.1) is 13.8 Å². The molecule has 0 aliphatic rings. The second-order valence-electron chi connectivity index (χ2n) is 5.21. The molecule has 0 fully saturated rings. The normalized spacial score (nSPS) is 10.9. The van der Waals surface area contributed by atoms with E-state index in [1.165, 1.54) is 0 Å². The van der Waals surface area contributed by atoms with Gasteiger partial charge in [0.1, 0.15) is 5.60 Å². The van der Waals surface area contributed by atoms with Crippen LogP contribution in [0.15, 0.2) is 12.1 Å². The van der Waals surface area contributed by atoms with Gasteiger partial charge in [-0.3, -0.25) is 10.1 Å². The van der Waals surface area contributed by atoms with Gasteiger partial charge in [0.2, 0.25) is 0 Å². The first kappa shape index (κ1) is 14.2. The first-order valence-electron chi connectivity index (χ1n) is 5.80. The van der Waals surface area contributed by atoms with Gasteiger partial charge in [-0.1, -0.05) is 6.07 Å². The monoisotopic (exact) mass is 249 g/mol. The highest BCUT2D eigenvalue weighted by molar-refractivity contribution is 5.90. The van der Waals surface area contributed by atoms with Crippen LogP contribution in [0.1, 0.15) is 42.3 Å². The van der Waals surface area contributed by atoms with E-state index in [0.29, 0.717) is 11.3 Å². The molecule has 18 heavy (non-hydrogen) atoms. The zero-order chi connectivity index (χ0) is 13.9. The molecule has 0 saturated heterocycles. The van der Waals surface area contributed by atoms with E-state index < -0.39 is 11.7 Å². The minimum atomic E-state index is -0.545. The Balaban J connectivity index is 2.93. The zero-order valence-corrected chi connectivity index (χ0v) is 11.5. The number of hydrogen-bond donors (Lipinski definition) is 1. The molecule has 0 bridgehead atoms. The molecule has 1 aromatic carbocycles.